The van der Waals surface area contributed by atoms with Gasteiger partial charge in [0.15, 0.2) is 0 Å². The summed E-state index contributed by atoms with van der Waals surface area (Å²) < 4.78 is 0. The van der Waals surface area contributed by atoms with Crippen LogP contribution in [0.2, 0.25) is 0 Å². The second kappa shape index (κ2) is 7.28. The van der Waals surface area contributed by atoms with Crippen LogP contribution in [-0.4, -0.2) is 30.4 Å². The fourth-order valence-corrected chi connectivity index (χ4v) is 3.19. The van der Waals surface area contributed by atoms with Crippen LogP contribution in [0.5, 0.6) is 0 Å². The molecule has 0 aromatic carbocycles. The van der Waals surface area contributed by atoms with E-state index in [4.69, 9.17) is 5.73 Å². The van der Waals surface area contributed by atoms with Crippen molar-refractivity contribution in [1.82, 2.24) is 4.90 Å². The molecular weight excluding hydrogens is 236 g/mol. The quantitative estimate of drug-likeness (QED) is 0.805. The molecule has 112 valence electrons. The molecule has 1 aliphatic rings. The highest BCUT2D eigenvalue weighted by atomic mass is 16.2. The highest BCUT2D eigenvalue weighted by Gasteiger charge is 2.39. The minimum Gasteiger partial charge on any atom is -0.342 e. The zero-order chi connectivity index (χ0) is 14.5. The molecule has 2 N–H and O–H groups in total. The minimum atomic E-state index is 0.160. The van der Waals surface area contributed by atoms with Crippen LogP contribution in [0, 0.1) is 17.3 Å². The van der Waals surface area contributed by atoms with Crippen LogP contribution in [0.3, 0.4) is 0 Å². The van der Waals surface area contributed by atoms with Gasteiger partial charge in [-0.1, -0.05) is 40.5 Å². The summed E-state index contributed by atoms with van der Waals surface area (Å²) in [6, 6.07) is 0. The molecule has 0 aromatic rings. The highest BCUT2D eigenvalue weighted by Crippen LogP contribution is 2.41. The van der Waals surface area contributed by atoms with Crippen LogP contribution < -0.4 is 5.73 Å². The Kier molecular flexibility index (Phi) is 6.31. The Hall–Kier alpha value is -0.570. The van der Waals surface area contributed by atoms with Gasteiger partial charge in [-0.3, -0.25) is 4.79 Å². The summed E-state index contributed by atoms with van der Waals surface area (Å²) in [6.45, 7) is 11.2. The standard InChI is InChI=1S/C16H32N2O/c1-13(2)12-18(11-7-10-17)15(19)14-8-5-6-9-16(14,3)4/h13-14H,5-12,17H2,1-4H3. The van der Waals surface area contributed by atoms with E-state index >= 15 is 0 Å². The van der Waals surface area contributed by atoms with Gasteiger partial charge in [0.25, 0.3) is 0 Å². The number of hydrogen-bond acceptors (Lipinski definition) is 2. The number of nitrogens with zero attached hydrogens (tertiary/aromatic N) is 1. The molecule has 0 aromatic heterocycles. The molecule has 1 unspecified atom stereocenters. The van der Waals surface area contributed by atoms with Crippen molar-refractivity contribution in [1.29, 1.82) is 0 Å². The molecule has 1 rings (SSSR count). The number of nitrogens with two attached hydrogens (primary N) is 1. The largest absolute Gasteiger partial charge is 0.342 e. The van der Waals surface area contributed by atoms with E-state index in [9.17, 15) is 4.79 Å². The van der Waals surface area contributed by atoms with E-state index in [0.717, 1.165) is 25.9 Å². The molecule has 1 atom stereocenters. The fourth-order valence-electron chi connectivity index (χ4n) is 3.19. The second-order valence-electron chi connectivity index (χ2n) is 7.11. The topological polar surface area (TPSA) is 46.3 Å². The molecule has 0 radical (unpaired) electrons. The molecule has 1 aliphatic carbocycles. The SMILES string of the molecule is CC(C)CN(CCCN)C(=O)C1CCCCC1(C)C. The Morgan fingerprint density at radius 3 is 2.58 bits per heavy atom. The van der Waals surface area contributed by atoms with Crippen molar-refractivity contribution in [2.75, 3.05) is 19.6 Å². The van der Waals surface area contributed by atoms with Gasteiger partial charge < -0.3 is 10.6 Å². The van der Waals surface area contributed by atoms with E-state index in [1.165, 1.54) is 19.3 Å². The van der Waals surface area contributed by atoms with E-state index < -0.39 is 0 Å². The first kappa shape index (κ1) is 16.5. The molecule has 0 bridgehead atoms. The molecule has 0 aliphatic heterocycles. The number of carbonyl (C=O) groups is 1. The van der Waals surface area contributed by atoms with Gasteiger partial charge in [-0.15, -0.1) is 0 Å². The van der Waals surface area contributed by atoms with Gasteiger partial charge in [0.1, 0.15) is 0 Å². The highest BCUT2D eigenvalue weighted by molar-refractivity contribution is 5.79. The molecular formula is C16H32N2O. The Labute approximate surface area is 118 Å². The third-order valence-corrected chi connectivity index (χ3v) is 4.33. The van der Waals surface area contributed by atoms with Crippen LogP contribution in [0.1, 0.15) is 59.8 Å². The van der Waals surface area contributed by atoms with Crippen molar-refractivity contribution in [3.8, 4) is 0 Å². The van der Waals surface area contributed by atoms with Crippen molar-refractivity contribution in [2.45, 2.75) is 59.8 Å². The molecule has 0 saturated heterocycles. The lowest BCUT2D eigenvalue weighted by molar-refractivity contribution is -0.141. The number of rotatable bonds is 6. The second-order valence-corrected chi connectivity index (χ2v) is 7.11. The Balaban J connectivity index is 2.73. The van der Waals surface area contributed by atoms with Gasteiger partial charge in [-0.2, -0.15) is 0 Å². The lowest BCUT2D eigenvalue weighted by Crippen LogP contribution is -2.45. The summed E-state index contributed by atoms with van der Waals surface area (Å²) in [7, 11) is 0. The van der Waals surface area contributed by atoms with Crippen LogP contribution >= 0.6 is 0 Å². The number of carbonyl (C=O) groups excluding carboxylic acids is 1. The molecule has 3 nitrogen and oxygen atoms in total. The monoisotopic (exact) mass is 268 g/mol. The smallest absolute Gasteiger partial charge is 0.226 e. The van der Waals surface area contributed by atoms with Crippen LogP contribution in [0.25, 0.3) is 0 Å². The minimum absolute atomic E-state index is 0.160. The van der Waals surface area contributed by atoms with Gasteiger partial charge in [-0.25, -0.2) is 0 Å². The van der Waals surface area contributed by atoms with Gasteiger partial charge >= 0.3 is 0 Å². The van der Waals surface area contributed by atoms with Gasteiger partial charge in [-0.05, 0) is 37.1 Å². The average molecular weight is 268 g/mol. The Bertz CT molecular complexity index is 286. The Morgan fingerprint density at radius 2 is 2.05 bits per heavy atom. The van der Waals surface area contributed by atoms with Crippen LogP contribution in [-0.2, 0) is 4.79 Å². The lowest BCUT2D eigenvalue weighted by atomic mass is 9.68. The van der Waals surface area contributed by atoms with Crippen molar-refractivity contribution >= 4 is 5.91 Å². The van der Waals surface area contributed by atoms with E-state index in [1.807, 2.05) is 0 Å². The average Bonchev–Trinajstić information content (AvgIpc) is 2.32. The summed E-state index contributed by atoms with van der Waals surface area (Å²) in [5.74, 6) is 1.10. The summed E-state index contributed by atoms with van der Waals surface area (Å²) >= 11 is 0. The van der Waals surface area contributed by atoms with Gasteiger partial charge in [0, 0.05) is 19.0 Å². The molecule has 1 saturated carbocycles. The number of amides is 1. The molecule has 1 fully saturated rings. The molecule has 0 spiro atoms. The zero-order valence-corrected chi connectivity index (χ0v) is 13.2. The maximum atomic E-state index is 12.8. The first-order valence-corrected chi connectivity index (χ1v) is 7.87. The molecule has 19 heavy (non-hydrogen) atoms. The van der Waals surface area contributed by atoms with Crippen LogP contribution in [0.15, 0.2) is 0 Å². The van der Waals surface area contributed by atoms with Gasteiger partial charge in [0.2, 0.25) is 5.91 Å². The summed E-state index contributed by atoms with van der Waals surface area (Å²) in [4.78, 5) is 14.9. The molecule has 0 heterocycles. The predicted octanol–water partition coefficient (Wildman–Crippen LogP) is 3.04. The predicted molar refractivity (Wildman–Crippen MR) is 80.8 cm³/mol. The van der Waals surface area contributed by atoms with Crippen LogP contribution in [0.4, 0.5) is 0 Å². The van der Waals surface area contributed by atoms with Gasteiger partial charge in [0.05, 0.1) is 0 Å². The van der Waals surface area contributed by atoms with E-state index in [0.29, 0.717) is 18.4 Å². The zero-order valence-electron chi connectivity index (χ0n) is 13.2. The van der Waals surface area contributed by atoms with E-state index in [1.54, 1.807) is 0 Å². The summed E-state index contributed by atoms with van der Waals surface area (Å²) in [6.07, 6.45) is 5.61. The van der Waals surface area contributed by atoms with E-state index in [2.05, 4.69) is 32.6 Å². The van der Waals surface area contributed by atoms with Crippen molar-refractivity contribution in [3.63, 3.8) is 0 Å². The maximum Gasteiger partial charge on any atom is 0.226 e. The lowest BCUT2D eigenvalue weighted by Gasteiger charge is -2.40. The third kappa shape index (κ3) is 4.79. The third-order valence-electron chi connectivity index (χ3n) is 4.33. The summed E-state index contributed by atoms with van der Waals surface area (Å²) in [5.41, 5.74) is 5.76. The molecule has 3 heteroatoms. The van der Waals surface area contributed by atoms with Crippen molar-refractivity contribution in [3.05, 3.63) is 0 Å². The normalized spacial score (nSPS) is 22.5. The molecule has 1 amide bonds. The first-order chi connectivity index (χ1) is 8.88. The Morgan fingerprint density at radius 1 is 1.37 bits per heavy atom. The number of hydrogen-bond donors (Lipinski definition) is 1. The van der Waals surface area contributed by atoms with E-state index in [-0.39, 0.29) is 11.3 Å². The van der Waals surface area contributed by atoms with Crippen molar-refractivity contribution in [2.24, 2.45) is 23.0 Å². The fraction of sp³-hybridized carbons (Fsp3) is 0.938. The first-order valence-electron chi connectivity index (χ1n) is 7.87. The maximum absolute atomic E-state index is 12.8. The van der Waals surface area contributed by atoms with Crippen molar-refractivity contribution < 1.29 is 4.79 Å². The summed E-state index contributed by atoms with van der Waals surface area (Å²) in [5, 5.41) is 0.